The molecule has 160 valence electrons. The van der Waals surface area contributed by atoms with Gasteiger partial charge >= 0.3 is 0 Å². The van der Waals surface area contributed by atoms with Gasteiger partial charge in [-0.2, -0.15) is 0 Å². The molecule has 1 N–H and O–H groups in total. The number of benzene rings is 2. The molecule has 0 radical (unpaired) electrons. The standard InChI is InChI=1S/C25H32N2O2S/c1-3-5-6-7-8-13-23(28)26-21-16-14-20(15-17-21)25-27(24(29)18-30-25)22-12-10-9-11-19(22)4-2/h9-12,14-17,25H,3-8,13,18H2,1-2H3,(H,26,28)/t25-/m1/s1. The van der Waals surface area contributed by atoms with Crippen molar-refractivity contribution < 1.29 is 9.59 Å². The summed E-state index contributed by atoms with van der Waals surface area (Å²) in [7, 11) is 0. The molecule has 1 fully saturated rings. The van der Waals surface area contributed by atoms with E-state index in [9.17, 15) is 9.59 Å². The maximum absolute atomic E-state index is 12.7. The lowest BCUT2D eigenvalue weighted by Gasteiger charge is -2.26. The summed E-state index contributed by atoms with van der Waals surface area (Å²) in [5.74, 6) is 0.702. The molecule has 1 aliphatic rings. The van der Waals surface area contributed by atoms with Crippen LogP contribution in [0.1, 0.15) is 68.9 Å². The minimum absolute atomic E-state index is 0.0338. The molecule has 4 nitrogen and oxygen atoms in total. The molecule has 0 spiro atoms. The predicted octanol–water partition coefficient (Wildman–Crippen LogP) is 6.33. The molecule has 1 atom stereocenters. The van der Waals surface area contributed by atoms with Gasteiger partial charge in [-0.15, -0.1) is 11.8 Å². The van der Waals surface area contributed by atoms with E-state index in [0.717, 1.165) is 36.2 Å². The number of hydrogen-bond donors (Lipinski definition) is 1. The fraction of sp³-hybridized carbons (Fsp3) is 0.440. The summed E-state index contributed by atoms with van der Waals surface area (Å²) in [5, 5.41) is 2.96. The second-order valence-electron chi connectivity index (χ2n) is 7.74. The monoisotopic (exact) mass is 424 g/mol. The molecule has 2 aromatic carbocycles. The van der Waals surface area contributed by atoms with Crippen molar-refractivity contribution in [3.63, 3.8) is 0 Å². The van der Waals surface area contributed by atoms with Crippen molar-refractivity contribution in [1.82, 2.24) is 0 Å². The van der Waals surface area contributed by atoms with Gasteiger partial charge in [0.1, 0.15) is 5.37 Å². The van der Waals surface area contributed by atoms with Crippen LogP contribution in [-0.4, -0.2) is 17.6 Å². The van der Waals surface area contributed by atoms with Gasteiger partial charge in [-0.05, 0) is 42.2 Å². The van der Waals surface area contributed by atoms with Crippen LogP contribution in [0.5, 0.6) is 0 Å². The van der Waals surface area contributed by atoms with Crippen molar-refractivity contribution in [3.05, 3.63) is 59.7 Å². The molecule has 0 saturated carbocycles. The van der Waals surface area contributed by atoms with Crippen molar-refractivity contribution in [2.75, 3.05) is 16.0 Å². The lowest BCUT2D eigenvalue weighted by atomic mass is 10.1. The van der Waals surface area contributed by atoms with Gasteiger partial charge in [0.05, 0.1) is 5.75 Å². The molecule has 1 heterocycles. The Labute approximate surface area is 184 Å². The van der Waals surface area contributed by atoms with Crippen LogP contribution in [0.2, 0.25) is 0 Å². The molecular weight excluding hydrogens is 392 g/mol. The third-order valence-electron chi connectivity index (χ3n) is 5.49. The summed E-state index contributed by atoms with van der Waals surface area (Å²) >= 11 is 1.65. The van der Waals surface area contributed by atoms with Crippen molar-refractivity contribution in [2.45, 2.75) is 64.2 Å². The highest BCUT2D eigenvalue weighted by Crippen LogP contribution is 2.43. The van der Waals surface area contributed by atoms with Gasteiger partial charge in [0.25, 0.3) is 0 Å². The number of anilines is 2. The van der Waals surface area contributed by atoms with Crippen molar-refractivity contribution in [1.29, 1.82) is 0 Å². The topological polar surface area (TPSA) is 49.4 Å². The van der Waals surface area contributed by atoms with E-state index in [0.29, 0.717) is 12.2 Å². The van der Waals surface area contributed by atoms with Gasteiger partial charge in [0.15, 0.2) is 0 Å². The number of carbonyl (C=O) groups is 2. The van der Waals surface area contributed by atoms with Gasteiger partial charge in [0.2, 0.25) is 11.8 Å². The van der Waals surface area contributed by atoms with Gasteiger partial charge in [-0.25, -0.2) is 0 Å². The van der Waals surface area contributed by atoms with Crippen LogP contribution in [0.4, 0.5) is 11.4 Å². The van der Waals surface area contributed by atoms with E-state index in [-0.39, 0.29) is 17.2 Å². The molecule has 0 bridgehead atoms. The second-order valence-corrected chi connectivity index (χ2v) is 8.81. The SMILES string of the molecule is CCCCCCCC(=O)Nc1ccc([C@H]2SCC(=O)N2c2ccccc2CC)cc1. The number of hydrogen-bond acceptors (Lipinski definition) is 3. The summed E-state index contributed by atoms with van der Waals surface area (Å²) in [4.78, 5) is 26.7. The van der Waals surface area contributed by atoms with Crippen LogP contribution in [0.25, 0.3) is 0 Å². The van der Waals surface area contributed by atoms with Crippen LogP contribution in [-0.2, 0) is 16.0 Å². The quantitative estimate of drug-likeness (QED) is 0.454. The Morgan fingerprint density at radius 2 is 1.77 bits per heavy atom. The summed E-state index contributed by atoms with van der Waals surface area (Å²) in [6, 6.07) is 16.1. The highest BCUT2D eigenvalue weighted by molar-refractivity contribution is 8.00. The lowest BCUT2D eigenvalue weighted by molar-refractivity contribution is -0.116. The first kappa shape index (κ1) is 22.4. The highest BCUT2D eigenvalue weighted by atomic mass is 32.2. The first-order valence-corrected chi connectivity index (χ1v) is 12.1. The van der Waals surface area contributed by atoms with Gasteiger partial charge < -0.3 is 5.32 Å². The molecule has 1 aliphatic heterocycles. The van der Waals surface area contributed by atoms with E-state index in [2.05, 4.69) is 25.2 Å². The second kappa shape index (κ2) is 11.2. The van der Waals surface area contributed by atoms with Crippen LogP contribution in [0, 0.1) is 0 Å². The zero-order valence-electron chi connectivity index (χ0n) is 18.0. The Morgan fingerprint density at radius 3 is 2.50 bits per heavy atom. The molecule has 0 aliphatic carbocycles. The molecule has 3 rings (SSSR count). The van der Waals surface area contributed by atoms with Gasteiger partial charge in [0, 0.05) is 17.8 Å². The summed E-state index contributed by atoms with van der Waals surface area (Å²) in [5.41, 5.74) is 4.07. The van der Waals surface area contributed by atoms with E-state index < -0.39 is 0 Å². The predicted molar refractivity (Wildman–Crippen MR) is 127 cm³/mol. The largest absolute Gasteiger partial charge is 0.326 e. The van der Waals surface area contributed by atoms with Gasteiger partial charge in [-0.1, -0.05) is 69.9 Å². The molecule has 2 aromatic rings. The Balaban J connectivity index is 1.63. The minimum Gasteiger partial charge on any atom is -0.326 e. The molecule has 0 aromatic heterocycles. The Hall–Kier alpha value is -2.27. The van der Waals surface area contributed by atoms with E-state index in [1.54, 1.807) is 11.8 Å². The molecule has 5 heteroatoms. The minimum atomic E-state index is -0.0338. The van der Waals surface area contributed by atoms with E-state index in [1.807, 2.05) is 47.4 Å². The molecule has 1 saturated heterocycles. The van der Waals surface area contributed by atoms with E-state index in [1.165, 1.54) is 24.8 Å². The maximum atomic E-state index is 12.7. The number of aryl methyl sites for hydroxylation is 1. The summed E-state index contributed by atoms with van der Waals surface area (Å²) in [6.07, 6.45) is 7.17. The first-order chi connectivity index (χ1) is 14.6. The normalized spacial score (nSPS) is 16.1. The smallest absolute Gasteiger partial charge is 0.238 e. The van der Waals surface area contributed by atoms with Crippen molar-refractivity contribution in [3.8, 4) is 0 Å². The Bertz CT molecular complexity index is 850. The number of thioether (sulfide) groups is 1. The molecule has 30 heavy (non-hydrogen) atoms. The number of unbranched alkanes of at least 4 members (excludes halogenated alkanes) is 4. The number of para-hydroxylation sites is 1. The average Bonchev–Trinajstić information content (AvgIpc) is 3.15. The highest BCUT2D eigenvalue weighted by Gasteiger charge is 2.34. The average molecular weight is 425 g/mol. The number of carbonyl (C=O) groups excluding carboxylic acids is 2. The lowest BCUT2D eigenvalue weighted by Crippen LogP contribution is -2.28. The third kappa shape index (κ3) is 5.66. The van der Waals surface area contributed by atoms with Gasteiger partial charge in [-0.3, -0.25) is 14.5 Å². The molecule has 0 unspecified atom stereocenters. The molecular formula is C25H32N2O2S. The number of nitrogens with zero attached hydrogens (tertiary/aromatic N) is 1. The Kier molecular flexibility index (Phi) is 8.38. The van der Waals surface area contributed by atoms with Crippen LogP contribution in [0.3, 0.4) is 0 Å². The maximum Gasteiger partial charge on any atom is 0.238 e. The third-order valence-corrected chi connectivity index (χ3v) is 6.70. The van der Waals surface area contributed by atoms with Crippen molar-refractivity contribution in [2.24, 2.45) is 0 Å². The first-order valence-electron chi connectivity index (χ1n) is 11.1. The number of nitrogens with one attached hydrogen (secondary N) is 1. The fourth-order valence-corrected chi connectivity index (χ4v) is 4.99. The van der Waals surface area contributed by atoms with Crippen LogP contribution >= 0.6 is 11.8 Å². The number of amides is 2. The zero-order chi connectivity index (χ0) is 21.3. The van der Waals surface area contributed by atoms with Crippen LogP contribution in [0.15, 0.2) is 48.5 Å². The molecule has 2 amide bonds. The zero-order valence-corrected chi connectivity index (χ0v) is 18.8. The van der Waals surface area contributed by atoms with E-state index >= 15 is 0 Å². The van der Waals surface area contributed by atoms with E-state index in [4.69, 9.17) is 0 Å². The number of rotatable bonds is 10. The summed E-state index contributed by atoms with van der Waals surface area (Å²) in [6.45, 7) is 4.31. The summed E-state index contributed by atoms with van der Waals surface area (Å²) < 4.78 is 0. The van der Waals surface area contributed by atoms with Crippen molar-refractivity contribution >= 4 is 35.0 Å². The van der Waals surface area contributed by atoms with Crippen LogP contribution < -0.4 is 10.2 Å². The Morgan fingerprint density at radius 1 is 1.03 bits per heavy atom. The fourth-order valence-electron chi connectivity index (χ4n) is 3.82.